The number of rotatable bonds is 6. The standard InChI is InChI=1S/C14H19Cl2NO2/c1-9-4-11(5-9)17-7-12(18)8-19-14-6-10(15)2-3-13(14)16/h2-3,6,9,11-12,17-18H,4-5,7-8H2,1H3. The zero-order valence-corrected chi connectivity index (χ0v) is 12.4. The minimum absolute atomic E-state index is 0.204. The van der Waals surface area contributed by atoms with Crippen LogP contribution in [0.15, 0.2) is 18.2 Å². The van der Waals surface area contributed by atoms with Crippen molar-refractivity contribution in [2.75, 3.05) is 13.2 Å². The number of hydrogen-bond donors (Lipinski definition) is 2. The van der Waals surface area contributed by atoms with Crippen LogP contribution in [0.1, 0.15) is 19.8 Å². The summed E-state index contributed by atoms with van der Waals surface area (Å²) in [6, 6.07) is 5.57. The number of ether oxygens (including phenoxy) is 1. The third-order valence-electron chi connectivity index (χ3n) is 3.34. The van der Waals surface area contributed by atoms with Gasteiger partial charge in [-0.1, -0.05) is 30.1 Å². The number of aliphatic hydroxyl groups excluding tert-OH is 1. The molecule has 5 heteroatoms. The van der Waals surface area contributed by atoms with Crippen LogP contribution in [0.4, 0.5) is 0 Å². The van der Waals surface area contributed by atoms with E-state index in [1.54, 1.807) is 18.2 Å². The van der Waals surface area contributed by atoms with Crippen LogP contribution in [0.25, 0.3) is 0 Å². The quantitative estimate of drug-likeness (QED) is 0.848. The average molecular weight is 304 g/mol. The number of halogens is 2. The van der Waals surface area contributed by atoms with E-state index in [0.29, 0.717) is 28.4 Å². The Bertz CT molecular complexity index is 422. The van der Waals surface area contributed by atoms with E-state index in [9.17, 15) is 5.11 Å². The van der Waals surface area contributed by atoms with Gasteiger partial charge in [-0.05, 0) is 30.9 Å². The molecule has 1 saturated carbocycles. The summed E-state index contributed by atoms with van der Waals surface area (Å²) in [6.07, 6.45) is 1.83. The van der Waals surface area contributed by atoms with Crippen molar-refractivity contribution < 1.29 is 9.84 Å². The van der Waals surface area contributed by atoms with Crippen LogP contribution in [0.3, 0.4) is 0 Å². The van der Waals surface area contributed by atoms with Crippen LogP contribution in [-0.2, 0) is 0 Å². The fourth-order valence-corrected chi connectivity index (χ4v) is 2.54. The van der Waals surface area contributed by atoms with Crippen LogP contribution >= 0.6 is 23.2 Å². The molecule has 19 heavy (non-hydrogen) atoms. The van der Waals surface area contributed by atoms with E-state index in [1.807, 2.05) is 0 Å². The van der Waals surface area contributed by atoms with Crippen molar-refractivity contribution >= 4 is 23.2 Å². The van der Waals surface area contributed by atoms with E-state index in [0.717, 1.165) is 5.92 Å². The van der Waals surface area contributed by atoms with Gasteiger partial charge in [-0.15, -0.1) is 0 Å². The molecule has 1 aromatic carbocycles. The largest absolute Gasteiger partial charge is 0.489 e. The van der Waals surface area contributed by atoms with E-state index < -0.39 is 6.10 Å². The molecular formula is C14H19Cl2NO2. The summed E-state index contributed by atoms with van der Waals surface area (Å²) < 4.78 is 5.48. The Balaban J connectivity index is 1.70. The van der Waals surface area contributed by atoms with E-state index >= 15 is 0 Å². The second-order valence-corrected chi connectivity index (χ2v) is 6.06. The van der Waals surface area contributed by atoms with Gasteiger partial charge in [-0.2, -0.15) is 0 Å². The van der Waals surface area contributed by atoms with Gasteiger partial charge in [0.15, 0.2) is 0 Å². The molecule has 0 aliphatic heterocycles. The van der Waals surface area contributed by atoms with Crippen molar-refractivity contribution in [1.29, 1.82) is 0 Å². The molecule has 0 spiro atoms. The summed E-state index contributed by atoms with van der Waals surface area (Å²) in [7, 11) is 0. The van der Waals surface area contributed by atoms with E-state index in [2.05, 4.69) is 12.2 Å². The summed E-state index contributed by atoms with van der Waals surface area (Å²) >= 11 is 11.8. The van der Waals surface area contributed by atoms with Crippen LogP contribution < -0.4 is 10.1 Å². The molecule has 2 rings (SSSR count). The van der Waals surface area contributed by atoms with E-state index in [-0.39, 0.29) is 6.61 Å². The normalized spacial score (nSPS) is 23.8. The Morgan fingerprint density at radius 2 is 2.16 bits per heavy atom. The first-order chi connectivity index (χ1) is 9.04. The van der Waals surface area contributed by atoms with Crippen molar-refractivity contribution in [3.63, 3.8) is 0 Å². The molecule has 106 valence electrons. The lowest BCUT2D eigenvalue weighted by Gasteiger charge is -2.34. The van der Waals surface area contributed by atoms with Crippen molar-refractivity contribution in [2.24, 2.45) is 5.92 Å². The van der Waals surface area contributed by atoms with Gasteiger partial charge in [-0.25, -0.2) is 0 Å². The maximum atomic E-state index is 9.84. The van der Waals surface area contributed by atoms with Crippen LogP contribution in [0.2, 0.25) is 10.0 Å². The maximum Gasteiger partial charge on any atom is 0.139 e. The molecule has 2 N–H and O–H groups in total. The zero-order valence-electron chi connectivity index (χ0n) is 10.9. The molecular weight excluding hydrogens is 285 g/mol. The average Bonchev–Trinajstić information content (AvgIpc) is 2.34. The van der Waals surface area contributed by atoms with Gasteiger partial charge in [-0.3, -0.25) is 0 Å². The molecule has 3 nitrogen and oxygen atoms in total. The van der Waals surface area contributed by atoms with E-state index in [1.165, 1.54) is 12.8 Å². The van der Waals surface area contributed by atoms with Crippen LogP contribution in [0.5, 0.6) is 5.75 Å². The van der Waals surface area contributed by atoms with Gasteiger partial charge in [0.2, 0.25) is 0 Å². The number of hydrogen-bond acceptors (Lipinski definition) is 3. The molecule has 0 heterocycles. The second-order valence-electron chi connectivity index (χ2n) is 5.22. The Morgan fingerprint density at radius 1 is 1.42 bits per heavy atom. The first kappa shape index (κ1) is 14.9. The van der Waals surface area contributed by atoms with Crippen molar-refractivity contribution in [2.45, 2.75) is 31.9 Å². The number of aliphatic hydroxyl groups is 1. The third-order valence-corrected chi connectivity index (χ3v) is 3.89. The Labute approximate surface area is 123 Å². The minimum Gasteiger partial charge on any atom is -0.489 e. The molecule has 0 bridgehead atoms. The predicted molar refractivity (Wildman–Crippen MR) is 78.2 cm³/mol. The lowest BCUT2D eigenvalue weighted by atomic mass is 9.82. The number of benzene rings is 1. The Hall–Kier alpha value is -0.480. The van der Waals surface area contributed by atoms with Crippen molar-refractivity contribution in [1.82, 2.24) is 5.32 Å². The van der Waals surface area contributed by atoms with E-state index in [4.69, 9.17) is 27.9 Å². The lowest BCUT2D eigenvalue weighted by Crippen LogP contribution is -2.44. The van der Waals surface area contributed by atoms with Crippen molar-refractivity contribution in [3.05, 3.63) is 28.2 Å². The molecule has 0 aromatic heterocycles. The number of nitrogens with one attached hydrogen (secondary N) is 1. The molecule has 1 atom stereocenters. The second kappa shape index (κ2) is 6.80. The summed E-state index contributed by atoms with van der Waals surface area (Å²) in [5.41, 5.74) is 0. The van der Waals surface area contributed by atoms with Gasteiger partial charge >= 0.3 is 0 Å². The lowest BCUT2D eigenvalue weighted by molar-refractivity contribution is 0.0956. The Morgan fingerprint density at radius 3 is 2.84 bits per heavy atom. The topological polar surface area (TPSA) is 41.5 Å². The molecule has 1 aromatic rings. The highest BCUT2D eigenvalue weighted by molar-refractivity contribution is 6.34. The van der Waals surface area contributed by atoms with Gasteiger partial charge in [0.25, 0.3) is 0 Å². The van der Waals surface area contributed by atoms with Gasteiger partial charge in [0.05, 0.1) is 5.02 Å². The first-order valence-electron chi connectivity index (χ1n) is 6.54. The summed E-state index contributed by atoms with van der Waals surface area (Å²) in [4.78, 5) is 0. The Kier molecular flexibility index (Phi) is 5.34. The highest BCUT2D eigenvalue weighted by Gasteiger charge is 2.25. The fourth-order valence-electron chi connectivity index (χ4n) is 2.20. The SMILES string of the molecule is CC1CC(NCC(O)COc2cc(Cl)ccc2Cl)C1. The van der Waals surface area contributed by atoms with Crippen LogP contribution in [-0.4, -0.2) is 30.4 Å². The molecule has 1 fully saturated rings. The maximum absolute atomic E-state index is 9.84. The highest BCUT2D eigenvalue weighted by atomic mass is 35.5. The zero-order chi connectivity index (χ0) is 13.8. The molecule has 1 unspecified atom stereocenters. The van der Waals surface area contributed by atoms with Gasteiger partial charge in [0.1, 0.15) is 18.5 Å². The fraction of sp³-hybridized carbons (Fsp3) is 0.571. The first-order valence-corrected chi connectivity index (χ1v) is 7.29. The highest BCUT2D eigenvalue weighted by Crippen LogP contribution is 2.28. The van der Waals surface area contributed by atoms with Crippen molar-refractivity contribution in [3.8, 4) is 5.75 Å². The molecule has 0 saturated heterocycles. The predicted octanol–water partition coefficient (Wildman–Crippen LogP) is 3.12. The smallest absolute Gasteiger partial charge is 0.139 e. The third kappa shape index (κ3) is 4.53. The summed E-state index contributed by atoms with van der Waals surface area (Å²) in [6.45, 7) is 2.98. The summed E-state index contributed by atoms with van der Waals surface area (Å²) in [5.74, 6) is 1.31. The summed E-state index contributed by atoms with van der Waals surface area (Å²) in [5, 5.41) is 14.2. The minimum atomic E-state index is -0.550. The van der Waals surface area contributed by atoms with Gasteiger partial charge < -0.3 is 15.2 Å². The molecule has 0 radical (unpaired) electrons. The molecule has 1 aliphatic rings. The molecule has 1 aliphatic carbocycles. The van der Waals surface area contributed by atoms with Crippen LogP contribution in [0, 0.1) is 5.92 Å². The van der Waals surface area contributed by atoms with Gasteiger partial charge in [0, 0.05) is 23.7 Å². The monoisotopic (exact) mass is 303 g/mol. The molecule has 0 amide bonds.